The first-order chi connectivity index (χ1) is 11.8. The largest absolute Gasteiger partial charge is 0.370 e. The Morgan fingerprint density at radius 2 is 1.92 bits per heavy atom. The van der Waals surface area contributed by atoms with Crippen LogP contribution in [0.3, 0.4) is 0 Å². The lowest BCUT2D eigenvalue weighted by Gasteiger charge is -2.26. The molecule has 0 radical (unpaired) electrons. The number of anilines is 1. The molecule has 0 saturated heterocycles. The van der Waals surface area contributed by atoms with Gasteiger partial charge < -0.3 is 10.2 Å². The molecule has 1 aromatic rings. The number of hydrogen-bond acceptors (Lipinski definition) is 4. The van der Waals surface area contributed by atoms with Gasteiger partial charge in [0.05, 0.1) is 16.4 Å². The van der Waals surface area contributed by atoms with Gasteiger partial charge in [0.2, 0.25) is 0 Å². The van der Waals surface area contributed by atoms with Gasteiger partial charge >= 0.3 is 0 Å². The van der Waals surface area contributed by atoms with Crippen molar-refractivity contribution in [3.8, 4) is 0 Å². The van der Waals surface area contributed by atoms with E-state index in [0.29, 0.717) is 5.02 Å². The molecule has 25 heavy (non-hydrogen) atoms. The number of aromatic nitrogens is 1. The van der Waals surface area contributed by atoms with Crippen molar-refractivity contribution in [2.75, 3.05) is 31.5 Å². The molecule has 0 bridgehead atoms. The second-order valence-corrected chi connectivity index (χ2v) is 8.38. The number of allylic oxidation sites excluding steroid dienone is 1. The van der Waals surface area contributed by atoms with E-state index in [-0.39, 0.29) is 5.41 Å². The van der Waals surface area contributed by atoms with Crippen LogP contribution < -0.4 is 5.32 Å². The zero-order valence-electron chi connectivity index (χ0n) is 15.4. The van der Waals surface area contributed by atoms with Crippen LogP contribution in [0.2, 0.25) is 5.02 Å². The van der Waals surface area contributed by atoms with Crippen molar-refractivity contribution in [1.82, 2.24) is 14.8 Å². The van der Waals surface area contributed by atoms with E-state index in [1.807, 2.05) is 12.3 Å². The van der Waals surface area contributed by atoms with Gasteiger partial charge in [0.15, 0.2) is 0 Å². The van der Waals surface area contributed by atoms with Gasteiger partial charge in [-0.2, -0.15) is 0 Å². The van der Waals surface area contributed by atoms with Crippen molar-refractivity contribution in [3.05, 3.63) is 59.2 Å². The molecule has 0 aliphatic carbocycles. The van der Waals surface area contributed by atoms with E-state index in [2.05, 4.69) is 54.0 Å². The van der Waals surface area contributed by atoms with Crippen LogP contribution in [-0.2, 0) is 6.54 Å². The summed E-state index contributed by atoms with van der Waals surface area (Å²) in [5.74, 6) is 0. The summed E-state index contributed by atoms with van der Waals surface area (Å²) in [5, 5.41) is 4.06. The average molecular weight is 359 g/mol. The predicted octanol–water partition coefficient (Wildman–Crippen LogP) is 4.28. The summed E-state index contributed by atoms with van der Waals surface area (Å²) in [6.07, 6.45) is 3.65. The number of rotatable bonds is 5. The standard InChI is InChI=1S/C20H27ClN4/c1-6-24-9-15-11-25(12-16(15)10-24)13-19-18(7-17(21)8-22-19)23-14(2)20(3,4)5/h6-8,23H,1-2,9-13H2,3-5H3. The van der Waals surface area contributed by atoms with E-state index in [9.17, 15) is 0 Å². The summed E-state index contributed by atoms with van der Waals surface area (Å²) in [7, 11) is 0. The van der Waals surface area contributed by atoms with Crippen molar-refractivity contribution in [2.24, 2.45) is 5.41 Å². The maximum atomic E-state index is 6.17. The zero-order chi connectivity index (χ0) is 18.2. The second-order valence-electron chi connectivity index (χ2n) is 7.94. The molecular formula is C20H27ClN4. The minimum atomic E-state index is -0.0237. The van der Waals surface area contributed by atoms with Gasteiger partial charge in [0, 0.05) is 50.0 Å². The van der Waals surface area contributed by atoms with Crippen LogP contribution in [0.15, 0.2) is 48.5 Å². The molecule has 134 valence electrons. The van der Waals surface area contributed by atoms with E-state index in [4.69, 9.17) is 11.6 Å². The van der Waals surface area contributed by atoms with Crippen LogP contribution in [-0.4, -0.2) is 41.0 Å². The highest BCUT2D eigenvalue weighted by atomic mass is 35.5. The maximum absolute atomic E-state index is 6.17. The number of pyridine rings is 1. The first-order valence-electron chi connectivity index (χ1n) is 8.66. The van der Waals surface area contributed by atoms with Crippen LogP contribution in [0.25, 0.3) is 0 Å². The normalized spacial score (nSPS) is 17.8. The molecule has 0 spiro atoms. The van der Waals surface area contributed by atoms with Gasteiger partial charge in [-0.1, -0.05) is 45.5 Å². The molecule has 4 nitrogen and oxygen atoms in total. The second kappa shape index (κ2) is 6.85. The van der Waals surface area contributed by atoms with Gasteiger partial charge in [-0.25, -0.2) is 0 Å². The predicted molar refractivity (Wildman–Crippen MR) is 106 cm³/mol. The molecule has 3 rings (SSSR count). The minimum Gasteiger partial charge on any atom is -0.370 e. The lowest BCUT2D eigenvalue weighted by molar-refractivity contribution is 0.311. The van der Waals surface area contributed by atoms with Crippen molar-refractivity contribution < 1.29 is 0 Å². The molecule has 1 N–H and O–H groups in total. The molecule has 1 aromatic heterocycles. The van der Waals surface area contributed by atoms with Gasteiger partial charge in [-0.3, -0.25) is 9.88 Å². The molecule has 0 saturated carbocycles. The number of hydrogen-bond donors (Lipinski definition) is 1. The first-order valence-corrected chi connectivity index (χ1v) is 9.03. The summed E-state index contributed by atoms with van der Waals surface area (Å²) < 4.78 is 0. The van der Waals surface area contributed by atoms with E-state index >= 15 is 0 Å². The third-order valence-electron chi connectivity index (χ3n) is 4.88. The summed E-state index contributed by atoms with van der Waals surface area (Å²) in [5.41, 5.74) is 5.96. The molecule has 0 fully saturated rings. The number of halogens is 1. The Morgan fingerprint density at radius 1 is 1.28 bits per heavy atom. The van der Waals surface area contributed by atoms with Crippen molar-refractivity contribution in [2.45, 2.75) is 27.3 Å². The average Bonchev–Trinajstić information content (AvgIpc) is 3.06. The maximum Gasteiger partial charge on any atom is 0.0779 e. The SMILES string of the molecule is C=CN1CC2=C(C1)CN(Cc1ncc(Cl)cc1NC(=C)C(C)(C)C)C2. The third kappa shape index (κ3) is 4.07. The smallest absolute Gasteiger partial charge is 0.0779 e. The Morgan fingerprint density at radius 3 is 2.48 bits per heavy atom. The van der Waals surface area contributed by atoms with E-state index in [0.717, 1.165) is 49.8 Å². The molecule has 0 atom stereocenters. The highest BCUT2D eigenvalue weighted by molar-refractivity contribution is 6.30. The molecule has 0 aromatic carbocycles. The first kappa shape index (κ1) is 18.0. The molecule has 0 unspecified atom stereocenters. The quantitative estimate of drug-likeness (QED) is 0.796. The van der Waals surface area contributed by atoms with Crippen LogP contribution in [0.5, 0.6) is 0 Å². The summed E-state index contributed by atoms with van der Waals surface area (Å²) in [4.78, 5) is 9.28. The molecule has 3 heterocycles. The topological polar surface area (TPSA) is 31.4 Å². The van der Waals surface area contributed by atoms with Crippen LogP contribution in [0.1, 0.15) is 26.5 Å². The molecule has 2 aliphatic rings. The summed E-state index contributed by atoms with van der Waals surface area (Å²) in [6, 6.07) is 1.94. The van der Waals surface area contributed by atoms with E-state index in [1.165, 1.54) is 11.1 Å². The van der Waals surface area contributed by atoms with Crippen molar-refractivity contribution >= 4 is 17.3 Å². The van der Waals surface area contributed by atoms with Gasteiger partial charge in [0.1, 0.15) is 0 Å². The Balaban J connectivity index is 1.70. The Hall–Kier alpha value is -1.78. The summed E-state index contributed by atoms with van der Waals surface area (Å²) >= 11 is 6.17. The monoisotopic (exact) mass is 358 g/mol. The number of nitrogens with one attached hydrogen (secondary N) is 1. The molecule has 5 heteroatoms. The van der Waals surface area contributed by atoms with Gasteiger partial charge in [-0.15, -0.1) is 0 Å². The molecular weight excluding hydrogens is 332 g/mol. The van der Waals surface area contributed by atoms with Crippen LogP contribution >= 0.6 is 11.6 Å². The third-order valence-corrected chi connectivity index (χ3v) is 5.08. The Labute approximate surface area is 155 Å². The number of nitrogens with zero attached hydrogens (tertiary/aromatic N) is 3. The summed E-state index contributed by atoms with van der Waals surface area (Å²) in [6.45, 7) is 19.3. The molecule has 2 aliphatic heterocycles. The fourth-order valence-electron chi connectivity index (χ4n) is 3.19. The lowest BCUT2D eigenvalue weighted by atomic mass is 9.93. The van der Waals surface area contributed by atoms with Gasteiger partial charge in [0.25, 0.3) is 0 Å². The van der Waals surface area contributed by atoms with Crippen molar-refractivity contribution in [1.29, 1.82) is 0 Å². The van der Waals surface area contributed by atoms with E-state index in [1.54, 1.807) is 6.20 Å². The highest BCUT2D eigenvalue weighted by Crippen LogP contribution is 2.30. The van der Waals surface area contributed by atoms with Crippen molar-refractivity contribution in [3.63, 3.8) is 0 Å². The Bertz CT molecular complexity index is 712. The van der Waals surface area contributed by atoms with Crippen LogP contribution in [0, 0.1) is 5.41 Å². The fraction of sp³-hybridized carbons (Fsp3) is 0.450. The fourth-order valence-corrected chi connectivity index (χ4v) is 3.35. The van der Waals surface area contributed by atoms with E-state index < -0.39 is 0 Å². The lowest BCUT2D eigenvalue weighted by Crippen LogP contribution is -2.28. The molecule has 0 amide bonds. The van der Waals surface area contributed by atoms with Gasteiger partial charge in [-0.05, 0) is 23.4 Å². The Kier molecular flexibility index (Phi) is 4.94. The highest BCUT2D eigenvalue weighted by Gasteiger charge is 2.29. The zero-order valence-corrected chi connectivity index (χ0v) is 16.2. The minimum absolute atomic E-state index is 0.0237. The van der Waals surface area contributed by atoms with Crippen LogP contribution in [0.4, 0.5) is 5.69 Å².